The second-order valence-corrected chi connectivity index (χ2v) is 12.5. The van der Waals surface area contributed by atoms with Crippen molar-refractivity contribution in [2.75, 3.05) is 0 Å². The summed E-state index contributed by atoms with van der Waals surface area (Å²) in [5, 5.41) is 2.13. The third-order valence-corrected chi connectivity index (χ3v) is 9.51. The quantitative estimate of drug-likeness (QED) is 0.198. The first-order chi connectivity index (χ1) is 23.8. The van der Waals surface area contributed by atoms with Crippen LogP contribution in [0, 0.1) is 5.92 Å². The van der Waals surface area contributed by atoms with Gasteiger partial charge in [-0.15, -0.1) is 0 Å². The molecule has 1 unspecified atom stereocenters. The van der Waals surface area contributed by atoms with Gasteiger partial charge >= 0.3 is 0 Å². The lowest BCUT2D eigenvalue weighted by Gasteiger charge is -2.26. The molecule has 1 aliphatic heterocycles. The van der Waals surface area contributed by atoms with Gasteiger partial charge in [0.25, 0.3) is 0 Å². The molecule has 0 amide bonds. The van der Waals surface area contributed by atoms with Gasteiger partial charge in [-0.05, 0) is 60.7 Å². The lowest BCUT2D eigenvalue weighted by atomic mass is 9.83. The number of rotatable bonds is 4. The largest absolute Gasteiger partial charge is 0.252 e. The van der Waals surface area contributed by atoms with Crippen molar-refractivity contribution >= 4 is 33.2 Å². The van der Waals surface area contributed by atoms with Gasteiger partial charge < -0.3 is 0 Å². The number of allylic oxidation sites excluding steroid dienone is 4. The van der Waals surface area contributed by atoms with Crippen LogP contribution in [0.15, 0.2) is 157 Å². The molecular formula is C44H32N4. The Bertz CT molecular complexity index is 2440. The standard InChI is InChI=1S/C44H32N4/c1-2-7-23-38-31(16-4-1)28-37-42(46-39-24-10-9-22-36(39)43(37)45-38)33-19-13-20-34(27-33)44-47-40-25-11-8-21-35(40)41(48-44)32-18-12-17-30(26-32)29-14-5-3-6-15-29/h1-3,5-15,17-27,31H,4,16,28H2. The molecule has 7 aromatic rings. The molecule has 2 aliphatic rings. The van der Waals surface area contributed by atoms with Gasteiger partial charge in [-0.3, -0.25) is 4.99 Å². The van der Waals surface area contributed by atoms with Gasteiger partial charge in [0.2, 0.25) is 0 Å². The van der Waals surface area contributed by atoms with Crippen molar-refractivity contribution in [1.82, 2.24) is 15.0 Å². The number of nitrogens with zero attached hydrogens (tertiary/aromatic N) is 4. The zero-order valence-corrected chi connectivity index (χ0v) is 26.4. The highest BCUT2D eigenvalue weighted by Crippen LogP contribution is 2.42. The molecule has 1 atom stereocenters. The Morgan fingerprint density at radius 1 is 0.521 bits per heavy atom. The van der Waals surface area contributed by atoms with Crippen LogP contribution in [0.3, 0.4) is 0 Å². The lowest BCUT2D eigenvalue weighted by molar-refractivity contribution is 0.624. The van der Waals surface area contributed by atoms with Crippen molar-refractivity contribution in [3.63, 3.8) is 0 Å². The minimum atomic E-state index is 0.363. The van der Waals surface area contributed by atoms with Gasteiger partial charge in [0.05, 0.1) is 28.1 Å². The zero-order chi connectivity index (χ0) is 31.9. The molecule has 4 heteroatoms. The lowest BCUT2D eigenvalue weighted by Crippen LogP contribution is -2.20. The molecule has 1 aliphatic carbocycles. The van der Waals surface area contributed by atoms with Gasteiger partial charge in [0.1, 0.15) is 0 Å². The third kappa shape index (κ3) is 5.12. The summed E-state index contributed by atoms with van der Waals surface area (Å²) in [5.74, 6) is 1.06. The number of benzene rings is 5. The predicted octanol–water partition coefficient (Wildman–Crippen LogP) is 11.0. The summed E-state index contributed by atoms with van der Waals surface area (Å²) >= 11 is 0. The molecule has 0 saturated heterocycles. The molecule has 2 aromatic heterocycles. The van der Waals surface area contributed by atoms with E-state index in [-0.39, 0.29) is 0 Å². The van der Waals surface area contributed by atoms with E-state index in [1.807, 2.05) is 12.1 Å². The highest BCUT2D eigenvalue weighted by Gasteiger charge is 2.27. The monoisotopic (exact) mass is 616 g/mol. The molecule has 0 fully saturated rings. The van der Waals surface area contributed by atoms with Crippen LogP contribution in [0.4, 0.5) is 5.69 Å². The normalized spacial score (nSPS) is 15.4. The first-order valence-corrected chi connectivity index (χ1v) is 16.7. The van der Waals surface area contributed by atoms with Gasteiger partial charge in [-0.25, -0.2) is 15.0 Å². The second kappa shape index (κ2) is 12.0. The van der Waals surface area contributed by atoms with Crippen LogP contribution in [-0.2, 0) is 6.42 Å². The summed E-state index contributed by atoms with van der Waals surface area (Å²) in [7, 11) is 0. The Hall–Kier alpha value is -6.00. The van der Waals surface area contributed by atoms with Gasteiger partial charge in [-0.2, -0.15) is 0 Å². The van der Waals surface area contributed by atoms with E-state index >= 15 is 0 Å². The summed E-state index contributed by atoms with van der Waals surface area (Å²) in [6.07, 6.45) is 11.7. The Balaban J connectivity index is 1.19. The predicted molar refractivity (Wildman–Crippen MR) is 198 cm³/mol. The Morgan fingerprint density at radius 2 is 1.19 bits per heavy atom. The van der Waals surface area contributed by atoms with Crippen LogP contribution in [-0.4, -0.2) is 20.7 Å². The van der Waals surface area contributed by atoms with Crippen molar-refractivity contribution in [3.8, 4) is 45.0 Å². The van der Waals surface area contributed by atoms with Crippen molar-refractivity contribution in [1.29, 1.82) is 0 Å². The van der Waals surface area contributed by atoms with Crippen molar-refractivity contribution in [3.05, 3.63) is 157 Å². The molecule has 0 saturated carbocycles. The molecule has 48 heavy (non-hydrogen) atoms. The third-order valence-electron chi connectivity index (χ3n) is 9.51. The fourth-order valence-corrected chi connectivity index (χ4v) is 7.12. The number of fused-ring (bicyclic) bond motifs is 5. The molecule has 228 valence electrons. The van der Waals surface area contributed by atoms with Crippen LogP contribution in [0.2, 0.25) is 0 Å². The number of pyridine rings is 1. The van der Waals surface area contributed by atoms with E-state index in [4.69, 9.17) is 19.9 Å². The van der Waals surface area contributed by atoms with Crippen molar-refractivity contribution in [2.24, 2.45) is 10.9 Å². The fraction of sp³-hybridized carbons (Fsp3) is 0.0909. The van der Waals surface area contributed by atoms with E-state index in [0.29, 0.717) is 11.7 Å². The summed E-state index contributed by atoms with van der Waals surface area (Å²) in [6, 6.07) is 44.3. The van der Waals surface area contributed by atoms with Crippen molar-refractivity contribution < 1.29 is 0 Å². The number of aromatic nitrogens is 3. The minimum absolute atomic E-state index is 0.363. The Morgan fingerprint density at radius 3 is 2.04 bits per heavy atom. The maximum Gasteiger partial charge on any atom is 0.160 e. The first kappa shape index (κ1) is 28.2. The van der Waals surface area contributed by atoms with Crippen LogP contribution < -0.4 is 0 Å². The van der Waals surface area contributed by atoms with E-state index in [0.717, 1.165) is 86.1 Å². The number of hydrogen-bond donors (Lipinski definition) is 0. The summed E-state index contributed by atoms with van der Waals surface area (Å²) in [4.78, 5) is 20.9. The van der Waals surface area contributed by atoms with E-state index in [1.165, 1.54) is 11.1 Å². The highest BCUT2D eigenvalue weighted by atomic mass is 14.9. The molecule has 3 heterocycles. The maximum absolute atomic E-state index is 5.30. The topological polar surface area (TPSA) is 51.0 Å². The van der Waals surface area contributed by atoms with Gasteiger partial charge in [0, 0.05) is 44.7 Å². The number of aliphatic imine (C=N–C) groups is 1. The highest BCUT2D eigenvalue weighted by molar-refractivity contribution is 6.06. The molecule has 0 bridgehead atoms. The molecule has 0 radical (unpaired) electrons. The summed E-state index contributed by atoms with van der Waals surface area (Å²) in [5.41, 5.74) is 12.6. The summed E-state index contributed by atoms with van der Waals surface area (Å²) in [6.45, 7) is 0. The first-order valence-electron chi connectivity index (χ1n) is 16.7. The zero-order valence-electron chi connectivity index (χ0n) is 26.4. The van der Waals surface area contributed by atoms with E-state index in [2.05, 4.69) is 140 Å². The smallest absolute Gasteiger partial charge is 0.160 e. The van der Waals surface area contributed by atoms with Crippen LogP contribution in [0.25, 0.3) is 66.8 Å². The number of hydrogen-bond acceptors (Lipinski definition) is 4. The average molecular weight is 617 g/mol. The molecule has 0 spiro atoms. The number of para-hydroxylation sites is 2. The Labute approximate surface area is 279 Å². The van der Waals surface area contributed by atoms with Crippen LogP contribution in [0.5, 0.6) is 0 Å². The second-order valence-electron chi connectivity index (χ2n) is 12.5. The molecular weight excluding hydrogens is 585 g/mol. The summed E-state index contributed by atoms with van der Waals surface area (Å²) < 4.78 is 0. The van der Waals surface area contributed by atoms with Gasteiger partial charge in [0.15, 0.2) is 5.82 Å². The maximum atomic E-state index is 5.30. The van der Waals surface area contributed by atoms with Gasteiger partial charge in [-0.1, -0.05) is 121 Å². The molecule has 5 aromatic carbocycles. The minimum Gasteiger partial charge on any atom is -0.252 e. The average Bonchev–Trinajstić information content (AvgIpc) is 3.14. The SMILES string of the molecule is C1=CCCC2Cc3c(-c4cccc(-c5nc(-c6cccc(-c7ccccc7)c6)c6ccccc6n5)c4)nc4ccccc4c3N=C2C=C1. The van der Waals surface area contributed by atoms with E-state index in [1.54, 1.807) is 0 Å². The van der Waals surface area contributed by atoms with Crippen LogP contribution >= 0.6 is 0 Å². The van der Waals surface area contributed by atoms with E-state index < -0.39 is 0 Å². The molecule has 4 nitrogen and oxygen atoms in total. The van der Waals surface area contributed by atoms with Crippen LogP contribution in [0.1, 0.15) is 18.4 Å². The Kier molecular flexibility index (Phi) is 7.05. The van der Waals surface area contributed by atoms with E-state index in [9.17, 15) is 0 Å². The van der Waals surface area contributed by atoms with Crippen molar-refractivity contribution in [2.45, 2.75) is 19.3 Å². The molecule has 9 rings (SSSR count). The fourth-order valence-electron chi connectivity index (χ4n) is 7.12. The molecule has 0 N–H and O–H groups in total.